The molecule has 7 heteroatoms. The van der Waals surface area contributed by atoms with Crippen LogP contribution in [0.2, 0.25) is 0 Å². The van der Waals surface area contributed by atoms with Crippen molar-refractivity contribution in [2.75, 3.05) is 6.54 Å². The van der Waals surface area contributed by atoms with E-state index in [1.54, 1.807) is 17.4 Å². The van der Waals surface area contributed by atoms with E-state index in [0.717, 1.165) is 60.7 Å². The van der Waals surface area contributed by atoms with Crippen molar-refractivity contribution in [3.05, 3.63) is 99.3 Å². The first-order valence-electron chi connectivity index (χ1n) is 12.8. The molecule has 2 N–H and O–H groups in total. The number of aliphatic carboxylic acids is 1. The Bertz CT molecular complexity index is 1280. The number of hydrogen-bond donors (Lipinski definition) is 2. The maximum atomic E-state index is 12.4. The van der Waals surface area contributed by atoms with E-state index in [9.17, 15) is 9.59 Å². The van der Waals surface area contributed by atoms with Gasteiger partial charge in [0.25, 0.3) is 5.91 Å². The summed E-state index contributed by atoms with van der Waals surface area (Å²) < 4.78 is 6.00. The second-order valence-electron chi connectivity index (χ2n) is 9.89. The standard InChI is InChI=1S/C30H32N2O4S/c1-2-22(16-29(33)34)23-6-10-26(11-7-23)36-19-21-5-3-4-20(14-21)17-32-13-12-27-24(18-32)15-28(37-27)30(35)31-25-8-9-25/h2-7,10-11,14-15,22,25H,1,8-9,12-13,16-19H2,(H,31,35)(H,33,34)/t22-/m0/s1. The number of benzene rings is 2. The number of rotatable bonds is 11. The summed E-state index contributed by atoms with van der Waals surface area (Å²) in [5.41, 5.74) is 4.54. The molecule has 6 nitrogen and oxygen atoms in total. The fraction of sp³-hybridized carbons (Fsp3) is 0.333. The minimum Gasteiger partial charge on any atom is -0.489 e. The summed E-state index contributed by atoms with van der Waals surface area (Å²) in [6.45, 7) is 6.92. The molecule has 192 valence electrons. The number of hydrogen-bond acceptors (Lipinski definition) is 5. The van der Waals surface area contributed by atoms with Crippen LogP contribution in [0.25, 0.3) is 0 Å². The number of ether oxygens (including phenoxy) is 1. The van der Waals surface area contributed by atoms with Gasteiger partial charge >= 0.3 is 5.97 Å². The van der Waals surface area contributed by atoms with Crippen molar-refractivity contribution in [3.8, 4) is 5.75 Å². The first kappa shape index (κ1) is 25.2. The molecule has 0 spiro atoms. The number of thiophene rings is 1. The van der Waals surface area contributed by atoms with E-state index in [1.165, 1.54) is 16.0 Å². The molecule has 0 bridgehead atoms. The number of allylic oxidation sites excluding steroid dienone is 1. The van der Waals surface area contributed by atoms with Crippen LogP contribution in [-0.2, 0) is 30.9 Å². The van der Waals surface area contributed by atoms with Gasteiger partial charge < -0.3 is 15.2 Å². The molecule has 1 aromatic heterocycles. The quantitative estimate of drug-likeness (QED) is 0.328. The van der Waals surface area contributed by atoms with E-state index in [-0.39, 0.29) is 18.2 Å². The predicted molar refractivity (Wildman–Crippen MR) is 145 cm³/mol. The molecule has 2 aromatic carbocycles. The van der Waals surface area contributed by atoms with Crippen LogP contribution >= 0.6 is 11.3 Å². The molecule has 3 aromatic rings. The first-order valence-corrected chi connectivity index (χ1v) is 13.6. The maximum absolute atomic E-state index is 12.4. The Morgan fingerprint density at radius 2 is 1.95 bits per heavy atom. The molecule has 0 unspecified atom stereocenters. The molecule has 0 radical (unpaired) electrons. The Balaban J connectivity index is 1.15. The summed E-state index contributed by atoms with van der Waals surface area (Å²) in [6, 6.07) is 18.5. The zero-order valence-electron chi connectivity index (χ0n) is 20.8. The molecule has 2 aliphatic rings. The third-order valence-electron chi connectivity index (χ3n) is 6.87. The monoisotopic (exact) mass is 516 g/mol. The first-order chi connectivity index (χ1) is 18.0. The van der Waals surface area contributed by atoms with Gasteiger partial charge in [-0.3, -0.25) is 14.5 Å². The third-order valence-corrected chi connectivity index (χ3v) is 8.11. The number of carboxylic acids is 1. The molecule has 1 amide bonds. The van der Waals surface area contributed by atoms with Crippen molar-refractivity contribution in [2.45, 2.75) is 57.3 Å². The number of carbonyl (C=O) groups excluding carboxylic acids is 1. The molecule has 5 rings (SSSR count). The summed E-state index contributed by atoms with van der Waals surface area (Å²) >= 11 is 1.65. The summed E-state index contributed by atoms with van der Waals surface area (Å²) in [5.74, 6) is -0.229. The smallest absolute Gasteiger partial charge is 0.304 e. The zero-order valence-corrected chi connectivity index (χ0v) is 21.6. The summed E-state index contributed by atoms with van der Waals surface area (Å²) in [4.78, 5) is 28.1. The van der Waals surface area contributed by atoms with E-state index in [2.05, 4.69) is 47.1 Å². The van der Waals surface area contributed by atoms with Crippen LogP contribution in [-0.4, -0.2) is 34.5 Å². The third kappa shape index (κ3) is 6.67. The molecular weight excluding hydrogens is 484 g/mol. The number of nitrogens with zero attached hydrogens (tertiary/aromatic N) is 1. The molecule has 1 aliphatic carbocycles. The number of fused-ring (bicyclic) bond motifs is 1. The van der Waals surface area contributed by atoms with Gasteiger partial charge in [0, 0.05) is 36.5 Å². The average molecular weight is 517 g/mol. The lowest BCUT2D eigenvalue weighted by atomic mass is 9.96. The molecule has 1 aliphatic heterocycles. The lowest BCUT2D eigenvalue weighted by Gasteiger charge is -2.26. The Labute approximate surface area is 221 Å². The van der Waals surface area contributed by atoms with Crippen LogP contribution in [0.4, 0.5) is 0 Å². The Morgan fingerprint density at radius 3 is 2.68 bits per heavy atom. The van der Waals surface area contributed by atoms with Crippen molar-refractivity contribution in [1.29, 1.82) is 0 Å². The molecule has 37 heavy (non-hydrogen) atoms. The second kappa shape index (κ2) is 11.3. The zero-order chi connectivity index (χ0) is 25.8. The largest absolute Gasteiger partial charge is 0.489 e. The Hall–Kier alpha value is -3.42. The molecular formula is C30H32N2O4S. The minimum absolute atomic E-state index is 0.0259. The van der Waals surface area contributed by atoms with Crippen molar-refractivity contribution in [2.24, 2.45) is 0 Å². The predicted octanol–water partition coefficient (Wildman–Crippen LogP) is 5.52. The topological polar surface area (TPSA) is 78.9 Å². The normalized spacial score (nSPS) is 16.0. The van der Waals surface area contributed by atoms with Gasteiger partial charge in [0.1, 0.15) is 12.4 Å². The highest BCUT2D eigenvalue weighted by atomic mass is 32.1. The minimum atomic E-state index is -0.841. The van der Waals surface area contributed by atoms with Gasteiger partial charge in [0.05, 0.1) is 11.3 Å². The Kier molecular flexibility index (Phi) is 7.72. The van der Waals surface area contributed by atoms with Crippen molar-refractivity contribution in [3.63, 3.8) is 0 Å². The van der Waals surface area contributed by atoms with Gasteiger partial charge in [0.15, 0.2) is 0 Å². The van der Waals surface area contributed by atoms with Crippen LogP contribution in [0.5, 0.6) is 5.75 Å². The van der Waals surface area contributed by atoms with Gasteiger partial charge in [0.2, 0.25) is 0 Å². The maximum Gasteiger partial charge on any atom is 0.304 e. The van der Waals surface area contributed by atoms with E-state index in [0.29, 0.717) is 12.6 Å². The van der Waals surface area contributed by atoms with Crippen molar-refractivity contribution < 1.29 is 19.4 Å². The number of nitrogens with one attached hydrogen (secondary N) is 1. The number of carbonyl (C=O) groups is 2. The Morgan fingerprint density at radius 1 is 1.16 bits per heavy atom. The van der Waals surface area contributed by atoms with Crippen LogP contribution in [0.3, 0.4) is 0 Å². The van der Waals surface area contributed by atoms with Crippen LogP contribution in [0.1, 0.15) is 62.0 Å². The fourth-order valence-corrected chi connectivity index (χ4v) is 5.77. The lowest BCUT2D eigenvalue weighted by Crippen LogP contribution is -2.29. The van der Waals surface area contributed by atoms with Crippen LogP contribution < -0.4 is 10.1 Å². The van der Waals surface area contributed by atoms with Gasteiger partial charge in [-0.1, -0.05) is 42.5 Å². The highest BCUT2D eigenvalue weighted by Gasteiger charge is 2.26. The fourth-order valence-electron chi connectivity index (χ4n) is 4.70. The van der Waals surface area contributed by atoms with E-state index in [4.69, 9.17) is 9.84 Å². The second-order valence-corrected chi connectivity index (χ2v) is 11.0. The summed E-state index contributed by atoms with van der Waals surface area (Å²) in [6.07, 6.45) is 4.88. The highest BCUT2D eigenvalue weighted by molar-refractivity contribution is 7.14. The number of carboxylic acid groups (broad SMARTS) is 1. The molecule has 2 heterocycles. The molecule has 1 saturated carbocycles. The van der Waals surface area contributed by atoms with Gasteiger partial charge in [-0.25, -0.2) is 0 Å². The summed E-state index contributed by atoms with van der Waals surface area (Å²) in [7, 11) is 0. The van der Waals surface area contributed by atoms with E-state index >= 15 is 0 Å². The van der Waals surface area contributed by atoms with E-state index in [1.807, 2.05) is 24.3 Å². The molecule has 0 saturated heterocycles. The summed E-state index contributed by atoms with van der Waals surface area (Å²) in [5, 5.41) is 12.2. The number of amides is 1. The average Bonchev–Trinajstić information content (AvgIpc) is 3.61. The van der Waals surface area contributed by atoms with Crippen LogP contribution in [0, 0.1) is 0 Å². The van der Waals surface area contributed by atoms with Gasteiger partial charge in [-0.15, -0.1) is 17.9 Å². The van der Waals surface area contributed by atoms with Crippen molar-refractivity contribution >= 4 is 23.2 Å². The molecule has 1 atom stereocenters. The van der Waals surface area contributed by atoms with Crippen molar-refractivity contribution in [1.82, 2.24) is 10.2 Å². The SMILES string of the molecule is C=C[C@@H](CC(=O)O)c1ccc(OCc2cccc(CN3CCc4sc(C(=O)NC5CC5)cc4C3)c2)cc1. The highest BCUT2D eigenvalue weighted by Crippen LogP contribution is 2.30. The van der Waals surface area contributed by atoms with Crippen LogP contribution in [0.15, 0.2) is 67.3 Å². The van der Waals surface area contributed by atoms with Gasteiger partial charge in [-0.05, 0) is 59.7 Å². The lowest BCUT2D eigenvalue weighted by molar-refractivity contribution is -0.137. The van der Waals surface area contributed by atoms with Gasteiger partial charge in [-0.2, -0.15) is 0 Å². The van der Waals surface area contributed by atoms with E-state index < -0.39 is 5.97 Å². The molecule has 1 fully saturated rings.